The molecule has 2 aromatic rings. The Morgan fingerprint density at radius 3 is 2.72 bits per heavy atom. The van der Waals surface area contributed by atoms with Crippen LogP contribution in [0.2, 0.25) is 0 Å². The summed E-state index contributed by atoms with van der Waals surface area (Å²) in [7, 11) is 1.75. The zero-order valence-electron chi connectivity index (χ0n) is 10.4. The molecule has 0 aliphatic heterocycles. The quantitative estimate of drug-likeness (QED) is 0.918. The molecule has 2 N–H and O–H groups in total. The van der Waals surface area contributed by atoms with Gasteiger partial charge in [-0.2, -0.15) is 0 Å². The van der Waals surface area contributed by atoms with Crippen LogP contribution in [0.1, 0.15) is 24.1 Å². The van der Waals surface area contributed by atoms with E-state index in [0.717, 1.165) is 10.5 Å². The van der Waals surface area contributed by atoms with Crippen LogP contribution in [0.15, 0.2) is 22.2 Å². The molecule has 5 nitrogen and oxygen atoms in total. The van der Waals surface area contributed by atoms with Crippen molar-refractivity contribution in [1.82, 2.24) is 20.2 Å². The molecule has 0 amide bonds. The molecule has 1 aromatic heterocycles. The first kappa shape index (κ1) is 13.0. The van der Waals surface area contributed by atoms with E-state index >= 15 is 0 Å². The number of benzene rings is 1. The van der Waals surface area contributed by atoms with Gasteiger partial charge in [-0.05, 0) is 59.3 Å². The monoisotopic (exact) mass is 267 g/mol. The van der Waals surface area contributed by atoms with E-state index in [1.54, 1.807) is 24.7 Å². The Kier molecular flexibility index (Phi) is 3.63. The van der Waals surface area contributed by atoms with Crippen molar-refractivity contribution in [2.75, 3.05) is 0 Å². The Balaban J connectivity index is 2.43. The van der Waals surface area contributed by atoms with Crippen LogP contribution in [-0.4, -0.2) is 20.2 Å². The molecule has 1 aromatic carbocycles. The number of hydrogen-bond donors (Lipinski definition) is 1. The lowest BCUT2D eigenvalue weighted by Gasteiger charge is -2.13. The van der Waals surface area contributed by atoms with E-state index in [0.29, 0.717) is 10.7 Å². The molecule has 0 aliphatic rings. The van der Waals surface area contributed by atoms with Crippen molar-refractivity contribution >= 4 is 11.8 Å². The fraction of sp³-hybridized carbons (Fsp3) is 0.364. The number of rotatable bonds is 3. The number of aryl methyl sites for hydroxylation is 2. The SMILES string of the molecule is Cc1cc(Sc2nnnn2C)c([C@H](C)N)cc1F. The van der Waals surface area contributed by atoms with Gasteiger partial charge in [-0.25, -0.2) is 9.07 Å². The van der Waals surface area contributed by atoms with Gasteiger partial charge in [-0.3, -0.25) is 0 Å². The van der Waals surface area contributed by atoms with Gasteiger partial charge in [-0.15, -0.1) is 5.10 Å². The van der Waals surface area contributed by atoms with Crippen LogP contribution in [0.4, 0.5) is 4.39 Å². The highest BCUT2D eigenvalue weighted by Gasteiger charge is 2.14. The van der Waals surface area contributed by atoms with Crippen LogP contribution in [0.5, 0.6) is 0 Å². The molecule has 0 radical (unpaired) electrons. The molecule has 2 rings (SSSR count). The largest absolute Gasteiger partial charge is 0.324 e. The second kappa shape index (κ2) is 5.03. The summed E-state index contributed by atoms with van der Waals surface area (Å²) in [6, 6.07) is 3.00. The smallest absolute Gasteiger partial charge is 0.213 e. The van der Waals surface area contributed by atoms with Crippen LogP contribution in [0.3, 0.4) is 0 Å². The minimum Gasteiger partial charge on any atom is -0.324 e. The summed E-state index contributed by atoms with van der Waals surface area (Å²) in [5.74, 6) is -0.247. The summed E-state index contributed by atoms with van der Waals surface area (Å²) < 4.78 is 15.1. The zero-order chi connectivity index (χ0) is 13.3. The lowest BCUT2D eigenvalue weighted by atomic mass is 10.1. The van der Waals surface area contributed by atoms with E-state index < -0.39 is 0 Å². The van der Waals surface area contributed by atoms with Crippen LogP contribution < -0.4 is 5.73 Å². The van der Waals surface area contributed by atoms with Crippen molar-refractivity contribution in [3.05, 3.63) is 29.1 Å². The number of tetrazole rings is 1. The van der Waals surface area contributed by atoms with Crippen molar-refractivity contribution in [2.24, 2.45) is 12.8 Å². The summed E-state index contributed by atoms with van der Waals surface area (Å²) in [5.41, 5.74) is 7.20. The van der Waals surface area contributed by atoms with Crippen molar-refractivity contribution in [2.45, 2.75) is 29.9 Å². The highest BCUT2D eigenvalue weighted by atomic mass is 32.2. The first-order valence-corrected chi connectivity index (χ1v) is 6.26. The molecule has 0 unspecified atom stereocenters. The van der Waals surface area contributed by atoms with Crippen molar-refractivity contribution < 1.29 is 4.39 Å². The predicted molar refractivity (Wildman–Crippen MR) is 66.7 cm³/mol. The molecule has 18 heavy (non-hydrogen) atoms. The van der Waals surface area contributed by atoms with Gasteiger partial charge in [0.05, 0.1) is 0 Å². The molecule has 0 aliphatic carbocycles. The molecule has 96 valence electrons. The Morgan fingerprint density at radius 1 is 1.44 bits per heavy atom. The third-order valence-corrected chi connectivity index (χ3v) is 3.67. The first-order chi connectivity index (χ1) is 8.49. The van der Waals surface area contributed by atoms with Crippen LogP contribution in [0, 0.1) is 12.7 Å². The van der Waals surface area contributed by atoms with Gasteiger partial charge in [0.25, 0.3) is 0 Å². The molecule has 0 fully saturated rings. The lowest BCUT2D eigenvalue weighted by molar-refractivity contribution is 0.609. The Labute approximate surface area is 109 Å². The van der Waals surface area contributed by atoms with Gasteiger partial charge in [0.1, 0.15) is 5.82 Å². The summed E-state index contributed by atoms with van der Waals surface area (Å²) in [5, 5.41) is 11.9. The average molecular weight is 267 g/mol. The Morgan fingerprint density at radius 2 is 2.17 bits per heavy atom. The zero-order valence-corrected chi connectivity index (χ0v) is 11.2. The Hall–Kier alpha value is -1.47. The van der Waals surface area contributed by atoms with Crippen molar-refractivity contribution in [3.8, 4) is 0 Å². The number of hydrogen-bond acceptors (Lipinski definition) is 5. The molecule has 0 bridgehead atoms. The van der Waals surface area contributed by atoms with Gasteiger partial charge < -0.3 is 5.73 Å². The highest BCUT2D eigenvalue weighted by Crippen LogP contribution is 2.32. The van der Waals surface area contributed by atoms with Gasteiger partial charge >= 0.3 is 0 Å². The van der Waals surface area contributed by atoms with Crippen LogP contribution in [-0.2, 0) is 7.05 Å². The van der Waals surface area contributed by atoms with E-state index in [4.69, 9.17) is 5.73 Å². The fourth-order valence-electron chi connectivity index (χ4n) is 1.52. The maximum atomic E-state index is 13.6. The minimum atomic E-state index is -0.247. The maximum absolute atomic E-state index is 13.6. The molecule has 0 saturated carbocycles. The van der Waals surface area contributed by atoms with E-state index in [1.807, 2.05) is 6.92 Å². The van der Waals surface area contributed by atoms with E-state index in [2.05, 4.69) is 15.5 Å². The van der Waals surface area contributed by atoms with E-state index in [1.165, 1.54) is 17.8 Å². The van der Waals surface area contributed by atoms with Crippen LogP contribution >= 0.6 is 11.8 Å². The molecule has 1 heterocycles. The summed E-state index contributed by atoms with van der Waals surface area (Å²) in [6.45, 7) is 3.54. The number of aromatic nitrogens is 4. The van der Waals surface area contributed by atoms with Gasteiger partial charge in [0.2, 0.25) is 5.16 Å². The van der Waals surface area contributed by atoms with Crippen molar-refractivity contribution in [3.63, 3.8) is 0 Å². The van der Waals surface area contributed by atoms with E-state index in [-0.39, 0.29) is 11.9 Å². The normalized spacial score (nSPS) is 12.7. The number of halogens is 1. The molecule has 7 heteroatoms. The third kappa shape index (κ3) is 2.51. The number of nitrogens with zero attached hydrogens (tertiary/aromatic N) is 4. The predicted octanol–water partition coefficient (Wildman–Crippen LogP) is 1.83. The molecule has 0 saturated heterocycles. The Bertz CT molecular complexity index is 567. The fourth-order valence-corrected chi connectivity index (χ4v) is 2.56. The van der Waals surface area contributed by atoms with Gasteiger partial charge in [-0.1, -0.05) is 0 Å². The highest BCUT2D eigenvalue weighted by molar-refractivity contribution is 7.99. The standard InChI is InChI=1S/C11H14FN5S/c1-6-4-10(8(7(2)13)5-9(6)12)18-11-14-15-16-17(11)3/h4-5,7H,13H2,1-3H3/t7-/m0/s1. The average Bonchev–Trinajstić information content (AvgIpc) is 2.69. The second-order valence-electron chi connectivity index (χ2n) is 4.12. The summed E-state index contributed by atoms with van der Waals surface area (Å²) in [6.07, 6.45) is 0. The molecular weight excluding hydrogens is 253 g/mol. The summed E-state index contributed by atoms with van der Waals surface area (Å²) in [4.78, 5) is 0.877. The maximum Gasteiger partial charge on any atom is 0.213 e. The lowest BCUT2D eigenvalue weighted by Crippen LogP contribution is -2.08. The summed E-state index contributed by atoms with van der Waals surface area (Å²) >= 11 is 1.38. The van der Waals surface area contributed by atoms with Crippen molar-refractivity contribution in [1.29, 1.82) is 0 Å². The third-order valence-electron chi connectivity index (χ3n) is 2.56. The van der Waals surface area contributed by atoms with Gasteiger partial charge in [0, 0.05) is 18.0 Å². The van der Waals surface area contributed by atoms with Gasteiger partial charge in [0.15, 0.2) is 0 Å². The van der Waals surface area contributed by atoms with Crippen LogP contribution in [0.25, 0.3) is 0 Å². The topological polar surface area (TPSA) is 69.6 Å². The molecular formula is C11H14FN5S. The molecule has 0 spiro atoms. The second-order valence-corrected chi connectivity index (χ2v) is 5.12. The van der Waals surface area contributed by atoms with E-state index in [9.17, 15) is 4.39 Å². The number of nitrogens with two attached hydrogens (primary N) is 1. The minimum absolute atomic E-state index is 0.246. The first-order valence-electron chi connectivity index (χ1n) is 5.45. The molecule has 1 atom stereocenters.